The summed E-state index contributed by atoms with van der Waals surface area (Å²) in [6.45, 7) is 6.24. The van der Waals surface area contributed by atoms with Gasteiger partial charge < -0.3 is 25.8 Å². The summed E-state index contributed by atoms with van der Waals surface area (Å²) in [5.41, 5.74) is 7.85. The summed E-state index contributed by atoms with van der Waals surface area (Å²) in [4.78, 5) is 29.9. The van der Waals surface area contributed by atoms with Crippen molar-refractivity contribution >= 4 is 34.9 Å². The van der Waals surface area contributed by atoms with Crippen LogP contribution in [0.4, 0.5) is 22.7 Å². The summed E-state index contributed by atoms with van der Waals surface area (Å²) in [7, 11) is 0. The number of non-ortho nitro benzene ring substituents is 1. The van der Waals surface area contributed by atoms with Crippen molar-refractivity contribution in [3.63, 3.8) is 0 Å². The molecule has 0 unspecified atom stereocenters. The highest BCUT2D eigenvalue weighted by atomic mass is 16.6. The van der Waals surface area contributed by atoms with E-state index in [0.717, 1.165) is 5.69 Å². The average Bonchev–Trinajstić information content (AvgIpc) is 2.78. The number of carbonyl (C=O) groups excluding carboxylic acids is 1. The second-order valence-electron chi connectivity index (χ2n) is 8.46. The lowest BCUT2D eigenvalue weighted by Gasteiger charge is -2.31. The lowest BCUT2D eigenvalue weighted by atomic mass is 10.1. The third kappa shape index (κ3) is 6.74. The van der Waals surface area contributed by atoms with Crippen molar-refractivity contribution in [2.75, 3.05) is 48.8 Å². The third-order valence-corrected chi connectivity index (χ3v) is 5.20. The molecule has 2 aromatic rings. The number of nitrogen functional groups attached to an aromatic ring is 1. The normalized spacial score (nSPS) is 14.5. The summed E-state index contributed by atoms with van der Waals surface area (Å²) < 4.78 is 5.43. The van der Waals surface area contributed by atoms with E-state index in [2.05, 4.69) is 15.2 Å². The number of carbonyl (C=O) groups is 1. The predicted molar refractivity (Wildman–Crippen MR) is 128 cm³/mol. The Bertz CT molecular complexity index is 1040. The number of amides is 1. The fourth-order valence-corrected chi connectivity index (χ4v) is 3.36. The van der Waals surface area contributed by atoms with E-state index in [1.165, 1.54) is 24.3 Å². The first-order valence-electron chi connectivity index (χ1n) is 10.7. The predicted octanol–water partition coefficient (Wildman–Crippen LogP) is 2.85. The minimum absolute atomic E-state index is 0.159. The summed E-state index contributed by atoms with van der Waals surface area (Å²) in [6.07, 6.45) is 2.11. The van der Waals surface area contributed by atoms with Gasteiger partial charge in [0, 0.05) is 54.8 Å². The maximum atomic E-state index is 12.9. The first kappa shape index (κ1) is 24.1. The molecule has 1 heterocycles. The number of nitrogens with zero attached hydrogens (tertiary/aromatic N) is 3. The number of nitrogens with two attached hydrogens (primary N) is 1. The van der Waals surface area contributed by atoms with E-state index in [-0.39, 0.29) is 11.3 Å². The SMILES string of the molecule is CC(C)(O)CCN=Cc1cc(NC(=O)c2cccc([N+](=O)[O-])c2)c(N2CCOCC2)cc1N. The molecule has 10 heteroatoms. The monoisotopic (exact) mass is 455 g/mol. The number of nitro benzene ring substituents is 1. The maximum Gasteiger partial charge on any atom is 0.270 e. The highest BCUT2D eigenvalue weighted by Gasteiger charge is 2.20. The molecule has 33 heavy (non-hydrogen) atoms. The van der Waals surface area contributed by atoms with Crippen molar-refractivity contribution in [3.8, 4) is 0 Å². The molecule has 176 valence electrons. The van der Waals surface area contributed by atoms with E-state index in [1.807, 2.05) is 0 Å². The number of hydrogen-bond acceptors (Lipinski definition) is 8. The van der Waals surface area contributed by atoms with Crippen LogP contribution in [0.3, 0.4) is 0 Å². The van der Waals surface area contributed by atoms with Crippen LogP contribution in [0.1, 0.15) is 36.2 Å². The second-order valence-corrected chi connectivity index (χ2v) is 8.46. The molecular weight excluding hydrogens is 426 g/mol. The molecule has 10 nitrogen and oxygen atoms in total. The summed E-state index contributed by atoms with van der Waals surface area (Å²) in [5.74, 6) is -0.470. The molecular formula is C23H29N5O5. The Morgan fingerprint density at radius 1 is 1.33 bits per heavy atom. The quantitative estimate of drug-likeness (QED) is 0.240. The Morgan fingerprint density at radius 2 is 2.06 bits per heavy atom. The lowest BCUT2D eigenvalue weighted by Crippen LogP contribution is -2.37. The van der Waals surface area contributed by atoms with Crippen LogP contribution in [0.25, 0.3) is 0 Å². The number of nitro groups is 1. The van der Waals surface area contributed by atoms with Crippen LogP contribution in [-0.2, 0) is 4.74 Å². The summed E-state index contributed by atoms with van der Waals surface area (Å²) in [5, 5.41) is 23.8. The highest BCUT2D eigenvalue weighted by Crippen LogP contribution is 2.32. The molecule has 1 amide bonds. The van der Waals surface area contributed by atoms with Crippen LogP contribution in [0.15, 0.2) is 41.4 Å². The van der Waals surface area contributed by atoms with Crippen LogP contribution in [0, 0.1) is 10.1 Å². The van der Waals surface area contributed by atoms with Crippen LogP contribution in [0.2, 0.25) is 0 Å². The van der Waals surface area contributed by atoms with Gasteiger partial charge in [-0.05, 0) is 38.5 Å². The number of aliphatic imine (C=N–C) groups is 1. The van der Waals surface area contributed by atoms with E-state index < -0.39 is 16.4 Å². The van der Waals surface area contributed by atoms with E-state index in [1.54, 1.807) is 32.2 Å². The molecule has 0 atom stereocenters. The molecule has 2 aromatic carbocycles. The van der Waals surface area contributed by atoms with Crippen molar-refractivity contribution in [1.82, 2.24) is 0 Å². The smallest absolute Gasteiger partial charge is 0.270 e. The zero-order valence-corrected chi connectivity index (χ0v) is 18.8. The van der Waals surface area contributed by atoms with Gasteiger partial charge in [0.15, 0.2) is 0 Å². The number of aliphatic hydroxyl groups is 1. The average molecular weight is 456 g/mol. The van der Waals surface area contributed by atoms with Crippen molar-refractivity contribution in [2.45, 2.75) is 25.9 Å². The van der Waals surface area contributed by atoms with Gasteiger partial charge in [-0.2, -0.15) is 0 Å². The fraction of sp³-hybridized carbons (Fsp3) is 0.391. The molecule has 1 aliphatic heterocycles. The number of hydrogen-bond donors (Lipinski definition) is 3. The first-order chi connectivity index (χ1) is 15.6. The number of benzene rings is 2. The molecule has 1 saturated heterocycles. The summed E-state index contributed by atoms with van der Waals surface area (Å²) >= 11 is 0. The van der Waals surface area contributed by atoms with Gasteiger partial charge >= 0.3 is 0 Å². The Kier molecular flexibility index (Phi) is 7.62. The van der Waals surface area contributed by atoms with Gasteiger partial charge in [-0.1, -0.05) is 6.07 Å². The Labute approximate surface area is 192 Å². The molecule has 4 N–H and O–H groups in total. The van der Waals surface area contributed by atoms with Crippen LogP contribution in [-0.4, -0.2) is 60.6 Å². The fourth-order valence-electron chi connectivity index (χ4n) is 3.36. The van der Waals surface area contributed by atoms with Gasteiger partial charge in [-0.15, -0.1) is 0 Å². The molecule has 0 aliphatic carbocycles. The van der Waals surface area contributed by atoms with Gasteiger partial charge in [-0.25, -0.2) is 0 Å². The minimum atomic E-state index is -0.819. The van der Waals surface area contributed by atoms with Crippen molar-refractivity contribution in [2.24, 2.45) is 4.99 Å². The second kappa shape index (κ2) is 10.4. The van der Waals surface area contributed by atoms with Crippen LogP contribution < -0.4 is 16.0 Å². The van der Waals surface area contributed by atoms with Gasteiger partial charge in [0.25, 0.3) is 11.6 Å². The molecule has 0 spiro atoms. The number of anilines is 3. The van der Waals surface area contributed by atoms with Gasteiger partial charge in [0.1, 0.15) is 0 Å². The number of morpholine rings is 1. The minimum Gasteiger partial charge on any atom is -0.398 e. The van der Waals surface area contributed by atoms with E-state index in [4.69, 9.17) is 10.5 Å². The Hall–Kier alpha value is -3.50. The maximum absolute atomic E-state index is 12.9. The molecule has 0 saturated carbocycles. The Morgan fingerprint density at radius 3 is 2.73 bits per heavy atom. The van der Waals surface area contributed by atoms with E-state index >= 15 is 0 Å². The van der Waals surface area contributed by atoms with Crippen molar-refractivity contribution in [3.05, 3.63) is 57.6 Å². The third-order valence-electron chi connectivity index (χ3n) is 5.20. The topological polar surface area (TPSA) is 143 Å². The first-order valence-corrected chi connectivity index (χ1v) is 10.7. The molecule has 3 rings (SSSR count). The van der Waals surface area contributed by atoms with Crippen molar-refractivity contribution < 1.29 is 19.6 Å². The lowest BCUT2D eigenvalue weighted by molar-refractivity contribution is -0.384. The highest BCUT2D eigenvalue weighted by molar-refractivity contribution is 6.07. The summed E-state index contributed by atoms with van der Waals surface area (Å²) in [6, 6.07) is 9.09. The van der Waals surface area contributed by atoms with Crippen LogP contribution in [0.5, 0.6) is 0 Å². The van der Waals surface area contributed by atoms with Gasteiger partial charge in [0.05, 0.1) is 35.1 Å². The molecule has 1 fully saturated rings. The standard InChI is InChI=1S/C23H29N5O5/c1-23(2,30)6-7-25-15-17-13-20(21(14-19(17)24)27-8-10-33-11-9-27)26-22(29)16-4-3-5-18(12-16)28(31)32/h3-5,12-15,30H,6-11,24H2,1-2H3,(H,26,29). The molecule has 1 aliphatic rings. The van der Waals surface area contributed by atoms with Crippen LogP contribution >= 0.6 is 0 Å². The number of ether oxygens (including phenoxy) is 1. The van der Waals surface area contributed by atoms with Gasteiger partial charge in [-0.3, -0.25) is 19.9 Å². The van der Waals surface area contributed by atoms with E-state index in [9.17, 15) is 20.0 Å². The zero-order chi connectivity index (χ0) is 24.0. The molecule has 0 aromatic heterocycles. The number of rotatable bonds is 8. The largest absolute Gasteiger partial charge is 0.398 e. The Balaban J connectivity index is 1.90. The van der Waals surface area contributed by atoms with Gasteiger partial charge in [0.2, 0.25) is 0 Å². The molecule has 0 radical (unpaired) electrons. The zero-order valence-electron chi connectivity index (χ0n) is 18.8. The van der Waals surface area contributed by atoms with Crippen molar-refractivity contribution in [1.29, 1.82) is 0 Å². The molecule has 0 bridgehead atoms. The van der Waals surface area contributed by atoms with E-state index in [0.29, 0.717) is 56.2 Å². The number of nitrogens with one attached hydrogen (secondary N) is 1.